The number of thioether (sulfide) groups is 1. The monoisotopic (exact) mass is 398 g/mol. The van der Waals surface area contributed by atoms with E-state index < -0.39 is 12.1 Å². The number of halogens is 1. The van der Waals surface area contributed by atoms with E-state index in [0.717, 1.165) is 37.4 Å². The minimum Gasteiger partial charge on any atom is -0.370 e. The Bertz CT molecular complexity index is 621. The molecule has 1 aromatic carbocycles. The highest BCUT2D eigenvalue weighted by molar-refractivity contribution is 7.98. The van der Waals surface area contributed by atoms with E-state index in [4.69, 9.17) is 17.3 Å². The van der Waals surface area contributed by atoms with Crippen molar-refractivity contribution < 1.29 is 9.59 Å². The topological polar surface area (TPSA) is 87.5 Å². The summed E-state index contributed by atoms with van der Waals surface area (Å²) in [6.07, 6.45) is 7.19. The molecule has 0 radical (unpaired) electrons. The fraction of sp³-hybridized carbons (Fsp3) is 0.556. The summed E-state index contributed by atoms with van der Waals surface area (Å²) in [5, 5.41) is 6.02. The second-order valence-corrected chi connectivity index (χ2v) is 7.82. The summed E-state index contributed by atoms with van der Waals surface area (Å²) in [5.74, 6) is 0.462. The van der Waals surface area contributed by atoms with Crippen LogP contribution in [0.5, 0.6) is 0 Å². The predicted molar refractivity (Wildman–Crippen MR) is 110 cm³/mol. The van der Waals surface area contributed by atoms with Crippen molar-refractivity contribution in [2.24, 2.45) is 5.73 Å². The number of urea groups is 1. The van der Waals surface area contributed by atoms with E-state index in [0.29, 0.717) is 17.1 Å². The van der Waals surface area contributed by atoms with Crippen LogP contribution in [-0.2, 0) is 4.79 Å². The fourth-order valence-electron chi connectivity index (χ4n) is 3.09. The summed E-state index contributed by atoms with van der Waals surface area (Å²) in [4.78, 5) is 26.2. The Hall–Kier alpha value is -1.60. The number of carbonyl (C=O) groups is 2. The van der Waals surface area contributed by atoms with Crippen molar-refractivity contribution in [1.29, 1.82) is 0 Å². The maximum absolute atomic E-state index is 12.7. The number of hydrogen-bond donors (Lipinski definition) is 3. The van der Waals surface area contributed by atoms with E-state index in [1.165, 1.54) is 12.8 Å². The van der Waals surface area contributed by atoms with Crippen molar-refractivity contribution in [3.8, 4) is 0 Å². The first-order valence-electron chi connectivity index (χ1n) is 8.91. The maximum atomic E-state index is 12.7. The van der Waals surface area contributed by atoms with Gasteiger partial charge in [-0.3, -0.25) is 4.79 Å². The molecule has 0 saturated carbocycles. The first kappa shape index (κ1) is 20.7. The van der Waals surface area contributed by atoms with E-state index >= 15 is 0 Å². The molecular weight excluding hydrogens is 372 g/mol. The van der Waals surface area contributed by atoms with Crippen LogP contribution in [0.3, 0.4) is 0 Å². The first-order valence-corrected chi connectivity index (χ1v) is 10.7. The zero-order valence-electron chi connectivity index (χ0n) is 15.1. The van der Waals surface area contributed by atoms with E-state index in [1.54, 1.807) is 17.8 Å². The number of amides is 3. The molecule has 1 atom stereocenters. The molecule has 1 heterocycles. The van der Waals surface area contributed by atoms with E-state index in [9.17, 15) is 9.59 Å². The number of primary amides is 1. The molecular formula is C18H27ClN4O2S. The molecule has 0 spiro atoms. The van der Waals surface area contributed by atoms with Crippen LogP contribution < -0.4 is 21.3 Å². The molecule has 26 heavy (non-hydrogen) atoms. The van der Waals surface area contributed by atoms with E-state index in [2.05, 4.69) is 15.5 Å². The van der Waals surface area contributed by atoms with E-state index in [-0.39, 0.29) is 5.91 Å². The highest BCUT2D eigenvalue weighted by Gasteiger charge is 2.22. The molecule has 0 bridgehead atoms. The SMILES string of the molecule is CSCC[C@H](NC(N)=O)C(=O)Nc1cc(Cl)ccc1N1CCCCCC1. The number of nitrogens with one attached hydrogen (secondary N) is 2. The van der Waals surface area contributed by atoms with Gasteiger partial charge in [-0.05, 0) is 49.5 Å². The standard InChI is InChI=1S/C18H27ClN4O2S/c1-26-11-8-14(22-18(20)25)17(24)21-15-12-13(19)6-7-16(15)23-9-4-2-3-5-10-23/h6-7,12,14H,2-5,8-11H2,1H3,(H,21,24)(H3,20,22,25)/t14-/m0/s1. The summed E-state index contributed by atoms with van der Waals surface area (Å²) < 4.78 is 0. The van der Waals surface area contributed by atoms with Gasteiger partial charge in [-0.25, -0.2) is 4.79 Å². The number of carbonyl (C=O) groups excluding carboxylic acids is 2. The third-order valence-electron chi connectivity index (χ3n) is 4.41. The molecule has 3 amide bonds. The Balaban J connectivity index is 2.18. The third kappa shape index (κ3) is 6.29. The summed E-state index contributed by atoms with van der Waals surface area (Å²) >= 11 is 7.77. The van der Waals surface area contributed by atoms with Gasteiger partial charge in [0, 0.05) is 18.1 Å². The fourth-order valence-corrected chi connectivity index (χ4v) is 3.74. The molecule has 2 rings (SSSR count). The average molecular weight is 399 g/mol. The van der Waals surface area contributed by atoms with Crippen molar-refractivity contribution in [3.05, 3.63) is 23.2 Å². The molecule has 4 N–H and O–H groups in total. The number of rotatable bonds is 7. The van der Waals surface area contributed by atoms with Crippen LogP contribution in [0.25, 0.3) is 0 Å². The molecule has 1 fully saturated rings. The zero-order chi connectivity index (χ0) is 18.9. The Morgan fingerprint density at radius 2 is 1.96 bits per heavy atom. The Morgan fingerprint density at radius 1 is 1.27 bits per heavy atom. The lowest BCUT2D eigenvalue weighted by Gasteiger charge is -2.26. The van der Waals surface area contributed by atoms with Crippen LogP contribution in [0.15, 0.2) is 18.2 Å². The van der Waals surface area contributed by atoms with Crippen LogP contribution in [-0.4, -0.2) is 43.1 Å². The summed E-state index contributed by atoms with van der Waals surface area (Å²) in [6, 6.07) is 4.17. The molecule has 144 valence electrons. The third-order valence-corrected chi connectivity index (χ3v) is 5.29. The van der Waals surface area contributed by atoms with Crippen molar-refractivity contribution >= 4 is 46.7 Å². The Kier molecular flexibility index (Phi) is 8.38. The molecule has 0 aromatic heterocycles. The normalized spacial score (nSPS) is 15.8. The number of nitrogens with two attached hydrogens (primary N) is 1. The summed E-state index contributed by atoms with van der Waals surface area (Å²) in [7, 11) is 0. The smallest absolute Gasteiger partial charge is 0.312 e. The quantitative estimate of drug-likeness (QED) is 0.656. The molecule has 6 nitrogen and oxygen atoms in total. The molecule has 1 aliphatic heterocycles. The maximum Gasteiger partial charge on any atom is 0.312 e. The molecule has 1 saturated heterocycles. The van der Waals surface area contributed by atoms with Gasteiger partial charge in [0.25, 0.3) is 0 Å². The lowest BCUT2D eigenvalue weighted by Crippen LogP contribution is -2.46. The van der Waals surface area contributed by atoms with Gasteiger partial charge in [0.1, 0.15) is 6.04 Å². The Labute approximate surface area is 164 Å². The summed E-state index contributed by atoms with van der Waals surface area (Å²) in [6.45, 7) is 1.92. The number of anilines is 2. The van der Waals surface area contributed by atoms with Gasteiger partial charge >= 0.3 is 6.03 Å². The molecule has 0 aliphatic carbocycles. The molecule has 1 aromatic rings. The van der Waals surface area contributed by atoms with Crippen molar-refractivity contribution in [2.75, 3.05) is 35.3 Å². The van der Waals surface area contributed by atoms with Crippen LogP contribution in [0.4, 0.5) is 16.2 Å². The van der Waals surface area contributed by atoms with Crippen molar-refractivity contribution in [1.82, 2.24) is 5.32 Å². The van der Waals surface area contributed by atoms with E-state index in [1.807, 2.05) is 18.4 Å². The number of hydrogen-bond acceptors (Lipinski definition) is 4. The second-order valence-electron chi connectivity index (χ2n) is 6.39. The largest absolute Gasteiger partial charge is 0.370 e. The average Bonchev–Trinajstić information content (AvgIpc) is 2.87. The van der Waals surface area contributed by atoms with Crippen molar-refractivity contribution in [2.45, 2.75) is 38.1 Å². The molecule has 8 heteroatoms. The number of nitrogens with zero attached hydrogens (tertiary/aromatic N) is 1. The molecule has 0 unspecified atom stereocenters. The minimum atomic E-state index is -0.704. The van der Waals surface area contributed by atoms with Gasteiger partial charge in [0.2, 0.25) is 5.91 Å². The Morgan fingerprint density at radius 3 is 2.58 bits per heavy atom. The highest BCUT2D eigenvalue weighted by Crippen LogP contribution is 2.31. The van der Waals surface area contributed by atoms with Crippen LogP contribution in [0, 0.1) is 0 Å². The van der Waals surface area contributed by atoms with Crippen LogP contribution in [0.1, 0.15) is 32.1 Å². The van der Waals surface area contributed by atoms with Gasteiger partial charge in [0.05, 0.1) is 11.4 Å². The van der Waals surface area contributed by atoms with Crippen LogP contribution in [0.2, 0.25) is 5.02 Å². The first-order chi connectivity index (χ1) is 12.5. The van der Waals surface area contributed by atoms with Crippen molar-refractivity contribution in [3.63, 3.8) is 0 Å². The van der Waals surface area contributed by atoms with Gasteiger partial charge in [-0.15, -0.1) is 0 Å². The van der Waals surface area contributed by atoms with Crippen LogP contribution >= 0.6 is 23.4 Å². The lowest BCUT2D eigenvalue weighted by atomic mass is 10.2. The second kappa shape index (κ2) is 10.5. The number of benzene rings is 1. The predicted octanol–water partition coefficient (Wildman–Crippen LogP) is 3.45. The van der Waals surface area contributed by atoms with Gasteiger partial charge in [0.15, 0.2) is 0 Å². The molecule has 1 aliphatic rings. The highest BCUT2D eigenvalue weighted by atomic mass is 35.5. The lowest BCUT2D eigenvalue weighted by molar-refractivity contribution is -0.117. The minimum absolute atomic E-state index is 0.281. The summed E-state index contributed by atoms with van der Waals surface area (Å²) in [5.41, 5.74) is 6.85. The zero-order valence-corrected chi connectivity index (χ0v) is 16.7. The van der Waals surface area contributed by atoms with Gasteiger partial charge in [-0.2, -0.15) is 11.8 Å². The van der Waals surface area contributed by atoms with Gasteiger partial charge in [-0.1, -0.05) is 24.4 Å². The van der Waals surface area contributed by atoms with Gasteiger partial charge < -0.3 is 21.3 Å².